The maximum Gasteiger partial charge on any atom is 0.217 e. The first-order valence-electron chi connectivity index (χ1n) is 4.82. The molecule has 0 unspecified atom stereocenters. The van der Waals surface area contributed by atoms with Crippen LogP contribution in [0.2, 0.25) is 0 Å². The van der Waals surface area contributed by atoms with E-state index in [1.165, 1.54) is 14.0 Å². The van der Waals surface area contributed by atoms with E-state index in [-0.39, 0.29) is 18.9 Å². The van der Waals surface area contributed by atoms with Gasteiger partial charge in [-0.25, -0.2) is 0 Å². The first-order chi connectivity index (χ1) is 7.08. The summed E-state index contributed by atoms with van der Waals surface area (Å²) in [4.78, 5) is 10.9. The molecule has 15 heavy (non-hydrogen) atoms. The van der Waals surface area contributed by atoms with Crippen molar-refractivity contribution in [3.8, 4) is 0 Å². The summed E-state index contributed by atoms with van der Waals surface area (Å²) in [5.74, 6) is -0.257. The van der Waals surface area contributed by atoms with Crippen molar-refractivity contribution in [1.82, 2.24) is 5.32 Å². The van der Waals surface area contributed by atoms with Crippen molar-refractivity contribution in [2.24, 2.45) is 0 Å². The van der Waals surface area contributed by atoms with Crippen LogP contribution in [0.1, 0.15) is 13.3 Å². The fourth-order valence-corrected chi connectivity index (χ4v) is 1.65. The van der Waals surface area contributed by atoms with E-state index < -0.39 is 24.5 Å². The Morgan fingerprint density at radius 2 is 2.33 bits per heavy atom. The van der Waals surface area contributed by atoms with E-state index in [1.54, 1.807) is 0 Å². The number of ether oxygens (including phenoxy) is 2. The van der Waals surface area contributed by atoms with Crippen LogP contribution in [0.3, 0.4) is 0 Å². The molecule has 1 fully saturated rings. The van der Waals surface area contributed by atoms with Crippen molar-refractivity contribution in [3.05, 3.63) is 0 Å². The van der Waals surface area contributed by atoms with Crippen molar-refractivity contribution in [3.63, 3.8) is 0 Å². The Bertz CT molecular complexity index is 223. The smallest absolute Gasteiger partial charge is 0.217 e. The Labute approximate surface area is 88.2 Å². The fraction of sp³-hybridized carbons (Fsp3) is 0.889. The lowest BCUT2D eigenvalue weighted by molar-refractivity contribution is -0.226. The average Bonchev–Trinajstić information content (AvgIpc) is 2.20. The Morgan fingerprint density at radius 1 is 1.67 bits per heavy atom. The van der Waals surface area contributed by atoms with Gasteiger partial charge in [0.2, 0.25) is 5.91 Å². The molecule has 4 atom stereocenters. The van der Waals surface area contributed by atoms with Crippen LogP contribution < -0.4 is 5.32 Å². The molecule has 1 aliphatic heterocycles. The summed E-state index contributed by atoms with van der Waals surface area (Å²) in [5, 5.41) is 21.2. The molecule has 6 nitrogen and oxygen atoms in total. The van der Waals surface area contributed by atoms with Crippen molar-refractivity contribution in [1.29, 1.82) is 0 Å². The highest BCUT2D eigenvalue weighted by atomic mass is 16.7. The summed E-state index contributed by atoms with van der Waals surface area (Å²) in [6.45, 7) is 1.18. The van der Waals surface area contributed by atoms with Crippen LogP contribution in [0.5, 0.6) is 0 Å². The number of rotatable bonds is 3. The van der Waals surface area contributed by atoms with Gasteiger partial charge in [-0.05, 0) is 0 Å². The van der Waals surface area contributed by atoms with Gasteiger partial charge < -0.3 is 25.0 Å². The molecule has 0 spiro atoms. The van der Waals surface area contributed by atoms with Gasteiger partial charge in [0, 0.05) is 20.5 Å². The Morgan fingerprint density at radius 3 is 2.80 bits per heavy atom. The van der Waals surface area contributed by atoms with Gasteiger partial charge in [-0.15, -0.1) is 0 Å². The molecule has 1 rings (SSSR count). The van der Waals surface area contributed by atoms with E-state index >= 15 is 0 Å². The van der Waals surface area contributed by atoms with Gasteiger partial charge >= 0.3 is 0 Å². The zero-order valence-corrected chi connectivity index (χ0v) is 8.84. The molecular weight excluding hydrogens is 202 g/mol. The number of carbonyl (C=O) groups excluding carboxylic acids is 1. The van der Waals surface area contributed by atoms with E-state index in [2.05, 4.69) is 5.32 Å². The third-order valence-corrected chi connectivity index (χ3v) is 2.34. The van der Waals surface area contributed by atoms with E-state index in [1.807, 2.05) is 0 Å². The summed E-state index contributed by atoms with van der Waals surface area (Å²) in [6, 6.07) is -0.588. The average molecular weight is 219 g/mol. The number of hydrogen-bond acceptors (Lipinski definition) is 5. The fourth-order valence-electron chi connectivity index (χ4n) is 1.65. The van der Waals surface area contributed by atoms with Crippen molar-refractivity contribution in [2.75, 3.05) is 13.7 Å². The van der Waals surface area contributed by atoms with Gasteiger partial charge in [0.25, 0.3) is 0 Å². The predicted molar refractivity (Wildman–Crippen MR) is 51.0 cm³/mol. The van der Waals surface area contributed by atoms with Gasteiger partial charge in [0.05, 0.1) is 18.8 Å². The lowest BCUT2D eigenvalue weighted by Gasteiger charge is -2.38. The van der Waals surface area contributed by atoms with Crippen LogP contribution in [0.25, 0.3) is 0 Å². The van der Waals surface area contributed by atoms with E-state index in [4.69, 9.17) is 14.6 Å². The molecule has 6 heteroatoms. The number of nitrogens with one attached hydrogen (secondary N) is 1. The molecule has 0 aromatic rings. The maximum atomic E-state index is 10.9. The summed E-state index contributed by atoms with van der Waals surface area (Å²) in [6.07, 6.45) is -1.67. The highest BCUT2D eigenvalue weighted by Gasteiger charge is 2.38. The van der Waals surface area contributed by atoms with Crippen LogP contribution in [0, 0.1) is 0 Å². The van der Waals surface area contributed by atoms with Crippen molar-refractivity contribution in [2.45, 2.75) is 37.9 Å². The van der Waals surface area contributed by atoms with Gasteiger partial charge in [0.15, 0.2) is 6.29 Å². The number of aliphatic hydroxyl groups excluding tert-OH is 2. The number of hydrogen-bond donors (Lipinski definition) is 3. The Hall–Kier alpha value is -0.690. The minimum Gasteiger partial charge on any atom is -0.394 e. The predicted octanol–water partition coefficient (Wildman–Crippen LogP) is -1.39. The SMILES string of the molecule is CO[C@H]1O[C@H](CO)C[C@H](O)[C@H]1NC(C)=O. The third-order valence-electron chi connectivity index (χ3n) is 2.34. The number of methoxy groups -OCH3 is 1. The van der Waals surface area contributed by atoms with Crippen LogP contribution >= 0.6 is 0 Å². The standard InChI is InChI=1S/C9H17NO5/c1-5(12)10-8-7(13)3-6(4-11)15-9(8)14-2/h6-9,11,13H,3-4H2,1-2H3,(H,10,12)/t6-,7-,8+,9-/m0/s1. The maximum absolute atomic E-state index is 10.9. The molecule has 1 saturated heterocycles. The molecule has 1 amide bonds. The molecule has 1 heterocycles. The van der Waals surface area contributed by atoms with E-state index in [0.717, 1.165) is 0 Å². The van der Waals surface area contributed by atoms with E-state index in [0.29, 0.717) is 0 Å². The third kappa shape index (κ3) is 3.13. The van der Waals surface area contributed by atoms with Crippen LogP contribution in [-0.2, 0) is 14.3 Å². The largest absolute Gasteiger partial charge is 0.394 e. The summed E-state index contributed by atoms with van der Waals surface area (Å²) in [5.41, 5.74) is 0. The molecule has 0 aromatic carbocycles. The van der Waals surface area contributed by atoms with Crippen molar-refractivity contribution < 1.29 is 24.5 Å². The molecule has 0 aliphatic carbocycles. The molecule has 88 valence electrons. The molecule has 1 aliphatic rings. The second-order valence-corrected chi connectivity index (χ2v) is 3.57. The number of amides is 1. The quantitative estimate of drug-likeness (QED) is 0.543. The zero-order chi connectivity index (χ0) is 11.4. The summed E-state index contributed by atoms with van der Waals surface area (Å²) < 4.78 is 10.3. The number of aliphatic hydroxyl groups is 2. The van der Waals surface area contributed by atoms with Crippen LogP contribution in [0.4, 0.5) is 0 Å². The van der Waals surface area contributed by atoms with Crippen molar-refractivity contribution >= 4 is 5.91 Å². The summed E-state index contributed by atoms with van der Waals surface area (Å²) in [7, 11) is 1.42. The molecule has 0 aromatic heterocycles. The molecule has 3 N–H and O–H groups in total. The summed E-state index contributed by atoms with van der Waals surface area (Å²) >= 11 is 0. The normalized spacial score (nSPS) is 36.3. The monoisotopic (exact) mass is 219 g/mol. The molecular formula is C9H17NO5. The van der Waals surface area contributed by atoms with Gasteiger partial charge in [-0.1, -0.05) is 0 Å². The van der Waals surface area contributed by atoms with Gasteiger partial charge in [0.1, 0.15) is 6.04 Å². The lowest BCUT2D eigenvalue weighted by atomic mass is 10.0. The zero-order valence-electron chi connectivity index (χ0n) is 8.84. The second-order valence-electron chi connectivity index (χ2n) is 3.57. The molecule has 0 bridgehead atoms. The van der Waals surface area contributed by atoms with Gasteiger partial charge in [-0.2, -0.15) is 0 Å². The first kappa shape index (κ1) is 12.4. The van der Waals surface area contributed by atoms with Crippen LogP contribution in [0.15, 0.2) is 0 Å². The van der Waals surface area contributed by atoms with Gasteiger partial charge in [-0.3, -0.25) is 4.79 Å². The highest BCUT2D eigenvalue weighted by molar-refractivity contribution is 5.73. The van der Waals surface area contributed by atoms with E-state index in [9.17, 15) is 9.90 Å². The Balaban J connectivity index is 2.64. The topological polar surface area (TPSA) is 88.0 Å². The molecule has 0 radical (unpaired) electrons. The molecule has 0 saturated carbocycles. The highest BCUT2D eigenvalue weighted by Crippen LogP contribution is 2.20. The first-order valence-corrected chi connectivity index (χ1v) is 4.82. The van der Waals surface area contributed by atoms with Crippen LogP contribution in [-0.4, -0.2) is 54.4 Å². The lowest BCUT2D eigenvalue weighted by Crippen LogP contribution is -2.57. The number of carbonyl (C=O) groups is 1. The minimum absolute atomic E-state index is 0.177. The minimum atomic E-state index is -0.773. The second kappa shape index (κ2) is 5.41. The Kier molecular flexibility index (Phi) is 4.46.